The van der Waals surface area contributed by atoms with Crippen molar-refractivity contribution in [1.82, 2.24) is 5.32 Å². The van der Waals surface area contributed by atoms with E-state index in [0.29, 0.717) is 0 Å². The third-order valence-corrected chi connectivity index (χ3v) is 4.50. The highest BCUT2D eigenvalue weighted by molar-refractivity contribution is 4.80. The van der Waals surface area contributed by atoms with E-state index in [1.807, 2.05) is 0 Å². The molecule has 1 aliphatic rings. The molecule has 0 aromatic rings. The maximum absolute atomic E-state index is 3.60. The van der Waals surface area contributed by atoms with Crippen LogP contribution in [0.25, 0.3) is 0 Å². The molecule has 18 heavy (non-hydrogen) atoms. The van der Waals surface area contributed by atoms with Crippen LogP contribution in [-0.4, -0.2) is 12.6 Å². The molecule has 0 bridgehead atoms. The van der Waals surface area contributed by atoms with Crippen molar-refractivity contribution in [2.75, 3.05) is 6.54 Å². The maximum atomic E-state index is 3.60. The van der Waals surface area contributed by atoms with E-state index in [1.165, 1.54) is 77.0 Å². The van der Waals surface area contributed by atoms with Crippen molar-refractivity contribution >= 4 is 0 Å². The van der Waals surface area contributed by atoms with Crippen molar-refractivity contribution in [3.05, 3.63) is 0 Å². The summed E-state index contributed by atoms with van der Waals surface area (Å²) in [6, 6.07) is 0.842. The third kappa shape index (κ3) is 7.41. The molecule has 108 valence electrons. The Hall–Kier alpha value is -0.0400. The molecule has 1 saturated carbocycles. The van der Waals surface area contributed by atoms with Crippen LogP contribution in [0.5, 0.6) is 0 Å². The molecule has 0 aromatic carbocycles. The summed E-state index contributed by atoms with van der Waals surface area (Å²) in [5.74, 6) is 1.04. The van der Waals surface area contributed by atoms with Crippen molar-refractivity contribution in [2.45, 2.75) is 96.9 Å². The zero-order valence-corrected chi connectivity index (χ0v) is 12.8. The van der Waals surface area contributed by atoms with E-state index >= 15 is 0 Å². The summed E-state index contributed by atoms with van der Waals surface area (Å²) in [5.41, 5.74) is 0. The summed E-state index contributed by atoms with van der Waals surface area (Å²) in [6.07, 6.45) is 17.5. The van der Waals surface area contributed by atoms with E-state index in [1.54, 1.807) is 0 Å². The Morgan fingerprint density at radius 1 is 0.833 bits per heavy atom. The van der Waals surface area contributed by atoms with Crippen LogP contribution < -0.4 is 5.32 Å². The number of nitrogens with one attached hydrogen (secondary N) is 1. The molecule has 0 aliphatic heterocycles. The number of hydrogen-bond acceptors (Lipinski definition) is 1. The minimum atomic E-state index is 0.842. The van der Waals surface area contributed by atoms with Gasteiger partial charge in [0.05, 0.1) is 0 Å². The predicted octanol–water partition coefficient (Wildman–Crippen LogP) is 5.30. The monoisotopic (exact) mass is 253 g/mol. The lowest BCUT2D eigenvalue weighted by molar-refractivity contribution is 0.442. The Kier molecular flexibility index (Phi) is 9.65. The highest BCUT2D eigenvalue weighted by atomic mass is 14.9. The summed E-state index contributed by atoms with van der Waals surface area (Å²) in [7, 11) is 0. The third-order valence-electron chi connectivity index (χ3n) is 4.50. The Labute approximate surface area is 115 Å². The topological polar surface area (TPSA) is 12.0 Å². The Morgan fingerprint density at radius 3 is 2.17 bits per heavy atom. The van der Waals surface area contributed by atoms with Crippen molar-refractivity contribution in [3.63, 3.8) is 0 Å². The van der Waals surface area contributed by atoms with Gasteiger partial charge in [-0.25, -0.2) is 0 Å². The van der Waals surface area contributed by atoms with E-state index in [2.05, 4.69) is 19.2 Å². The van der Waals surface area contributed by atoms with Crippen molar-refractivity contribution in [1.29, 1.82) is 0 Å². The molecule has 2 unspecified atom stereocenters. The van der Waals surface area contributed by atoms with Gasteiger partial charge in [-0.2, -0.15) is 0 Å². The second-order valence-electron chi connectivity index (χ2n) is 6.20. The van der Waals surface area contributed by atoms with Gasteiger partial charge in [-0.1, -0.05) is 71.6 Å². The Morgan fingerprint density at radius 2 is 1.50 bits per heavy atom. The van der Waals surface area contributed by atoms with E-state index in [-0.39, 0.29) is 0 Å². The van der Waals surface area contributed by atoms with Gasteiger partial charge in [-0.05, 0) is 31.7 Å². The van der Waals surface area contributed by atoms with Gasteiger partial charge in [0.15, 0.2) is 0 Å². The molecular formula is C17H35N. The summed E-state index contributed by atoms with van der Waals surface area (Å²) in [4.78, 5) is 0. The second-order valence-corrected chi connectivity index (χ2v) is 6.20. The molecule has 2 atom stereocenters. The van der Waals surface area contributed by atoms with Gasteiger partial charge in [0, 0.05) is 6.04 Å². The van der Waals surface area contributed by atoms with Crippen LogP contribution in [-0.2, 0) is 0 Å². The first-order valence-electron chi connectivity index (χ1n) is 8.60. The van der Waals surface area contributed by atoms with Gasteiger partial charge in [-0.3, -0.25) is 0 Å². The molecule has 1 fully saturated rings. The van der Waals surface area contributed by atoms with E-state index in [9.17, 15) is 0 Å². The molecule has 1 aliphatic carbocycles. The molecule has 1 nitrogen and oxygen atoms in total. The Balaban J connectivity index is 1.84. The minimum absolute atomic E-state index is 0.842. The zero-order chi connectivity index (χ0) is 13.1. The molecule has 0 spiro atoms. The second kappa shape index (κ2) is 10.8. The highest BCUT2D eigenvalue weighted by Crippen LogP contribution is 2.29. The van der Waals surface area contributed by atoms with Crippen molar-refractivity contribution in [3.8, 4) is 0 Å². The largest absolute Gasteiger partial charge is 0.314 e. The summed E-state index contributed by atoms with van der Waals surface area (Å²) in [6.45, 7) is 5.67. The van der Waals surface area contributed by atoms with Crippen LogP contribution in [0.3, 0.4) is 0 Å². The summed E-state index contributed by atoms with van der Waals surface area (Å²) < 4.78 is 0. The molecule has 1 heteroatoms. The smallest absolute Gasteiger partial charge is 0.00696 e. The summed E-state index contributed by atoms with van der Waals surface area (Å²) in [5, 5.41) is 3.60. The van der Waals surface area contributed by atoms with Crippen LogP contribution in [0.2, 0.25) is 0 Å². The Bertz CT molecular complexity index is 178. The van der Waals surface area contributed by atoms with Gasteiger partial charge in [0.25, 0.3) is 0 Å². The fourth-order valence-corrected chi connectivity index (χ4v) is 3.38. The quantitative estimate of drug-likeness (QED) is 0.493. The summed E-state index contributed by atoms with van der Waals surface area (Å²) >= 11 is 0. The fourth-order valence-electron chi connectivity index (χ4n) is 3.38. The van der Waals surface area contributed by atoms with Crippen molar-refractivity contribution < 1.29 is 0 Å². The predicted molar refractivity (Wildman–Crippen MR) is 82.0 cm³/mol. The average molecular weight is 253 g/mol. The SMILES string of the molecule is CCCCCCCCCCC1CCC(NCC)C1. The molecule has 0 saturated heterocycles. The van der Waals surface area contributed by atoms with Gasteiger partial charge in [0.1, 0.15) is 0 Å². The van der Waals surface area contributed by atoms with Crippen LogP contribution in [0.1, 0.15) is 90.9 Å². The van der Waals surface area contributed by atoms with Crippen LogP contribution >= 0.6 is 0 Å². The number of rotatable bonds is 11. The first-order chi connectivity index (χ1) is 8.86. The van der Waals surface area contributed by atoms with Gasteiger partial charge in [-0.15, -0.1) is 0 Å². The van der Waals surface area contributed by atoms with E-state index in [4.69, 9.17) is 0 Å². The van der Waals surface area contributed by atoms with Crippen LogP contribution in [0.4, 0.5) is 0 Å². The molecule has 1 rings (SSSR count). The lowest BCUT2D eigenvalue weighted by Gasteiger charge is -2.11. The standard InChI is InChI=1S/C17H35N/c1-3-5-6-7-8-9-10-11-12-16-13-14-17(15-16)18-4-2/h16-18H,3-15H2,1-2H3. The fraction of sp³-hybridized carbons (Fsp3) is 1.00. The zero-order valence-electron chi connectivity index (χ0n) is 12.8. The molecule has 1 N–H and O–H groups in total. The van der Waals surface area contributed by atoms with E-state index < -0.39 is 0 Å². The molecule has 0 aromatic heterocycles. The number of unbranched alkanes of at least 4 members (excludes halogenated alkanes) is 7. The number of hydrogen-bond donors (Lipinski definition) is 1. The first kappa shape index (κ1) is 16.0. The highest BCUT2D eigenvalue weighted by Gasteiger charge is 2.22. The molecular weight excluding hydrogens is 218 g/mol. The lowest BCUT2D eigenvalue weighted by atomic mass is 9.98. The normalized spacial score (nSPS) is 23.7. The molecule has 0 radical (unpaired) electrons. The lowest BCUT2D eigenvalue weighted by Crippen LogP contribution is -2.25. The van der Waals surface area contributed by atoms with Crippen LogP contribution in [0.15, 0.2) is 0 Å². The van der Waals surface area contributed by atoms with E-state index in [0.717, 1.165) is 18.5 Å². The van der Waals surface area contributed by atoms with Gasteiger partial charge in [0.2, 0.25) is 0 Å². The van der Waals surface area contributed by atoms with Crippen LogP contribution in [0, 0.1) is 5.92 Å². The minimum Gasteiger partial charge on any atom is -0.314 e. The average Bonchev–Trinajstić information content (AvgIpc) is 2.81. The molecule has 0 heterocycles. The maximum Gasteiger partial charge on any atom is 0.00696 e. The van der Waals surface area contributed by atoms with Crippen molar-refractivity contribution in [2.24, 2.45) is 5.92 Å². The first-order valence-corrected chi connectivity index (χ1v) is 8.60. The molecule has 0 amide bonds. The van der Waals surface area contributed by atoms with Gasteiger partial charge >= 0.3 is 0 Å². The van der Waals surface area contributed by atoms with Gasteiger partial charge < -0.3 is 5.32 Å².